The molecule has 1 aliphatic carbocycles. The number of nitrogens with zero attached hydrogens (tertiary/aromatic N) is 4. The van der Waals surface area contributed by atoms with E-state index in [1.165, 1.54) is 23.4 Å². The van der Waals surface area contributed by atoms with Gasteiger partial charge < -0.3 is 19.8 Å². The van der Waals surface area contributed by atoms with Crippen molar-refractivity contribution in [3.63, 3.8) is 0 Å². The number of fused-ring (bicyclic) bond motifs is 2. The average molecular weight is 754 g/mol. The third-order valence-corrected chi connectivity index (χ3v) is 12.6. The lowest BCUT2D eigenvalue weighted by Gasteiger charge is -2.40. The summed E-state index contributed by atoms with van der Waals surface area (Å²) in [7, 11) is 0. The fourth-order valence-electron chi connectivity index (χ4n) is 9.57. The van der Waals surface area contributed by atoms with E-state index < -0.39 is 6.04 Å². The molecule has 4 aliphatic heterocycles. The molecule has 4 heterocycles. The van der Waals surface area contributed by atoms with E-state index in [2.05, 4.69) is 50.3 Å². The van der Waals surface area contributed by atoms with E-state index >= 15 is 0 Å². The van der Waals surface area contributed by atoms with Crippen LogP contribution in [0.15, 0.2) is 84.9 Å². The van der Waals surface area contributed by atoms with Gasteiger partial charge in [-0.1, -0.05) is 30.3 Å². The lowest BCUT2D eigenvalue weighted by molar-refractivity contribution is -0.136. The molecule has 3 saturated heterocycles. The van der Waals surface area contributed by atoms with Crippen LogP contribution in [0, 0.1) is 11.7 Å². The van der Waals surface area contributed by atoms with Gasteiger partial charge in [0.15, 0.2) is 0 Å². The summed E-state index contributed by atoms with van der Waals surface area (Å²) in [5.74, 6) is -0.0813. The molecule has 3 fully saturated rings. The van der Waals surface area contributed by atoms with Gasteiger partial charge in [0.05, 0.1) is 0 Å². The van der Waals surface area contributed by atoms with Gasteiger partial charge in [0.25, 0.3) is 5.91 Å². The first-order valence-electron chi connectivity index (χ1n) is 20.2. The minimum Gasteiger partial charge on any atom is -0.508 e. The lowest BCUT2D eigenvalue weighted by atomic mass is 9.87. The molecular formula is C46H48FN5O4. The standard InChI is InChI=1S/C46H48FN5O4/c47-35-8-4-31(5-9-35)39-3-1-2-33-27-38(53)13-15-40(33)44(39)32-6-10-36(11-7-32)50-20-18-30(19-21-50)28-49-22-24-51(25-23-49)37-12-14-41-34(26-37)29-52(46(41)56)42-16-17-43(54)48-45(42)55/h4-15,26-27,30,42,53H,1-3,16-25,28-29H2,(H,48,54,55). The second kappa shape index (κ2) is 15.2. The number of piperazine rings is 1. The Balaban J connectivity index is 0.802. The third-order valence-electron chi connectivity index (χ3n) is 12.6. The van der Waals surface area contributed by atoms with Gasteiger partial charge in [-0.15, -0.1) is 0 Å². The number of anilines is 2. The normalized spacial score (nSPS) is 20.9. The highest BCUT2D eigenvalue weighted by Gasteiger charge is 2.39. The number of carbonyl (C=O) groups excluding carboxylic acids is 3. The molecule has 3 amide bonds. The largest absolute Gasteiger partial charge is 0.508 e. The second-order valence-electron chi connectivity index (χ2n) is 16.1. The SMILES string of the molecule is O=C1CCC(N2Cc3cc(N4CCN(CC5CCN(c6ccc(C7=C(c8ccc(F)cc8)CCCc8cc(O)ccc87)cc6)CC5)CC4)ccc3C2=O)C(=O)N1. The number of phenolic OH excluding ortho intramolecular Hbond substituents is 1. The number of hydrogen-bond donors (Lipinski definition) is 2. The Morgan fingerprint density at radius 3 is 2.12 bits per heavy atom. The molecule has 0 radical (unpaired) electrons. The summed E-state index contributed by atoms with van der Waals surface area (Å²) in [5, 5.41) is 12.7. The number of carbonyl (C=O) groups is 3. The van der Waals surface area contributed by atoms with Gasteiger partial charge >= 0.3 is 0 Å². The lowest BCUT2D eigenvalue weighted by Crippen LogP contribution is -2.52. The molecule has 0 aromatic heterocycles. The molecular weight excluding hydrogens is 706 g/mol. The Hall–Kier alpha value is -5.48. The fourth-order valence-corrected chi connectivity index (χ4v) is 9.57. The molecule has 56 heavy (non-hydrogen) atoms. The molecule has 5 aliphatic rings. The number of piperidine rings is 2. The number of phenols is 1. The first kappa shape index (κ1) is 36.2. The monoisotopic (exact) mass is 753 g/mol. The predicted octanol–water partition coefficient (Wildman–Crippen LogP) is 6.63. The number of hydrogen-bond acceptors (Lipinski definition) is 7. The summed E-state index contributed by atoms with van der Waals surface area (Å²) < 4.78 is 13.9. The minimum absolute atomic E-state index is 0.132. The van der Waals surface area contributed by atoms with Crippen LogP contribution in [0.25, 0.3) is 11.1 Å². The maximum atomic E-state index is 13.9. The number of allylic oxidation sites excluding steroid dienone is 1. The highest BCUT2D eigenvalue weighted by Crippen LogP contribution is 2.41. The average Bonchev–Trinajstić information content (AvgIpc) is 3.41. The van der Waals surface area contributed by atoms with Gasteiger partial charge in [0.1, 0.15) is 17.6 Å². The van der Waals surface area contributed by atoms with Crippen LogP contribution in [-0.4, -0.2) is 84.5 Å². The van der Waals surface area contributed by atoms with Crippen molar-refractivity contribution in [3.8, 4) is 5.75 Å². The summed E-state index contributed by atoms with van der Waals surface area (Å²) in [4.78, 5) is 46.4. The smallest absolute Gasteiger partial charge is 0.255 e. The molecule has 4 aromatic rings. The number of benzene rings is 4. The van der Waals surface area contributed by atoms with Crippen LogP contribution in [0.5, 0.6) is 5.75 Å². The van der Waals surface area contributed by atoms with E-state index in [0.717, 1.165) is 117 Å². The Kier molecular flexibility index (Phi) is 9.83. The highest BCUT2D eigenvalue weighted by molar-refractivity contribution is 6.05. The molecule has 4 aromatic carbocycles. The van der Waals surface area contributed by atoms with Crippen molar-refractivity contribution in [2.24, 2.45) is 5.92 Å². The van der Waals surface area contributed by atoms with Crippen LogP contribution < -0.4 is 15.1 Å². The number of aryl methyl sites for hydroxylation is 1. The summed E-state index contributed by atoms with van der Waals surface area (Å²) in [5.41, 5.74) is 10.8. The molecule has 0 saturated carbocycles. The van der Waals surface area contributed by atoms with Gasteiger partial charge in [0.2, 0.25) is 11.8 Å². The number of halogens is 1. The number of nitrogens with one attached hydrogen (secondary N) is 1. The Bertz CT molecular complexity index is 2190. The first-order chi connectivity index (χ1) is 27.3. The summed E-state index contributed by atoms with van der Waals surface area (Å²) in [6, 6.07) is 26.9. The van der Waals surface area contributed by atoms with Crippen LogP contribution in [0.4, 0.5) is 15.8 Å². The van der Waals surface area contributed by atoms with Gasteiger partial charge in [0, 0.05) is 75.7 Å². The maximum absolute atomic E-state index is 13.9. The Labute approximate surface area is 327 Å². The molecule has 9 nitrogen and oxygen atoms in total. The molecule has 0 spiro atoms. The zero-order valence-electron chi connectivity index (χ0n) is 31.7. The number of aromatic hydroxyl groups is 1. The van der Waals surface area contributed by atoms with Crippen LogP contribution in [-0.2, 0) is 22.6 Å². The van der Waals surface area contributed by atoms with Crippen molar-refractivity contribution in [2.75, 3.05) is 55.6 Å². The van der Waals surface area contributed by atoms with E-state index in [9.17, 15) is 23.9 Å². The molecule has 10 heteroatoms. The number of imide groups is 1. The number of amides is 3. The van der Waals surface area contributed by atoms with E-state index in [-0.39, 0.29) is 35.7 Å². The minimum atomic E-state index is -0.597. The Morgan fingerprint density at radius 2 is 1.38 bits per heavy atom. The van der Waals surface area contributed by atoms with Crippen LogP contribution >= 0.6 is 0 Å². The van der Waals surface area contributed by atoms with Crippen molar-refractivity contribution in [1.29, 1.82) is 0 Å². The molecule has 288 valence electrons. The van der Waals surface area contributed by atoms with Crippen LogP contribution in [0.1, 0.15) is 76.7 Å². The highest BCUT2D eigenvalue weighted by atomic mass is 19.1. The quantitative estimate of drug-likeness (QED) is 0.205. The fraction of sp³-hybridized carbons (Fsp3) is 0.370. The third kappa shape index (κ3) is 7.18. The van der Waals surface area contributed by atoms with Crippen LogP contribution in [0.3, 0.4) is 0 Å². The maximum Gasteiger partial charge on any atom is 0.255 e. The molecule has 1 unspecified atom stereocenters. The second-order valence-corrected chi connectivity index (χ2v) is 16.1. The van der Waals surface area contributed by atoms with Crippen molar-refractivity contribution in [1.82, 2.24) is 15.1 Å². The van der Waals surface area contributed by atoms with Gasteiger partial charge in [-0.2, -0.15) is 0 Å². The van der Waals surface area contributed by atoms with Gasteiger partial charge in [-0.3, -0.25) is 24.6 Å². The van der Waals surface area contributed by atoms with Gasteiger partial charge in [-0.05, 0) is 138 Å². The topological polar surface area (TPSA) is 96.4 Å². The van der Waals surface area contributed by atoms with Crippen molar-refractivity contribution in [3.05, 3.63) is 124 Å². The van der Waals surface area contributed by atoms with E-state index in [1.807, 2.05) is 36.4 Å². The van der Waals surface area contributed by atoms with Crippen LogP contribution in [0.2, 0.25) is 0 Å². The van der Waals surface area contributed by atoms with Crippen molar-refractivity contribution in [2.45, 2.75) is 57.5 Å². The molecule has 0 bridgehead atoms. The van der Waals surface area contributed by atoms with Gasteiger partial charge in [-0.25, -0.2) is 4.39 Å². The summed E-state index contributed by atoms with van der Waals surface area (Å²) in [6.07, 6.45) is 5.65. The zero-order valence-corrected chi connectivity index (χ0v) is 31.7. The van der Waals surface area contributed by atoms with E-state index in [1.54, 1.807) is 11.0 Å². The van der Waals surface area contributed by atoms with E-state index in [0.29, 0.717) is 24.4 Å². The Morgan fingerprint density at radius 1 is 0.679 bits per heavy atom. The zero-order chi connectivity index (χ0) is 38.3. The summed E-state index contributed by atoms with van der Waals surface area (Å²) in [6.45, 7) is 7.42. The predicted molar refractivity (Wildman–Crippen MR) is 216 cm³/mol. The van der Waals surface area contributed by atoms with E-state index in [4.69, 9.17) is 0 Å². The number of rotatable bonds is 7. The first-order valence-corrected chi connectivity index (χ1v) is 20.2. The molecule has 1 atom stereocenters. The molecule has 9 rings (SSSR count). The summed E-state index contributed by atoms with van der Waals surface area (Å²) >= 11 is 0. The van der Waals surface area contributed by atoms with Crippen molar-refractivity contribution >= 4 is 40.2 Å². The molecule has 2 N–H and O–H groups in total. The van der Waals surface area contributed by atoms with Crippen molar-refractivity contribution < 1.29 is 23.9 Å².